The van der Waals surface area contributed by atoms with Crippen LogP contribution in [0, 0.1) is 0 Å². The Morgan fingerprint density at radius 1 is 1.44 bits per heavy atom. The average Bonchev–Trinajstić information content (AvgIpc) is 2.35. The molecule has 7 heteroatoms. The summed E-state index contributed by atoms with van der Waals surface area (Å²) < 4.78 is 5.47. The number of benzene rings is 1. The highest BCUT2D eigenvalue weighted by molar-refractivity contribution is 6.30. The molecule has 2 rings (SSSR count). The predicted octanol–water partition coefficient (Wildman–Crippen LogP) is 1.26. The Balaban J connectivity index is 2.42. The highest BCUT2D eigenvalue weighted by Crippen LogP contribution is 2.28. The van der Waals surface area contributed by atoms with Crippen LogP contribution in [0.15, 0.2) is 29.3 Å². The molecule has 0 spiro atoms. The maximum absolute atomic E-state index is 11.3. The van der Waals surface area contributed by atoms with Crippen LogP contribution in [0.1, 0.15) is 5.56 Å². The minimum atomic E-state index is -0.462. The second-order valence-electron chi connectivity index (χ2n) is 3.51. The van der Waals surface area contributed by atoms with Gasteiger partial charge in [-0.3, -0.25) is 4.79 Å². The number of nitrogens with two attached hydrogens (primary N) is 2. The number of rotatable bonds is 3. The Labute approximate surface area is 108 Å². The number of halogens is 1. The lowest BCUT2D eigenvalue weighted by Gasteiger charge is -2.10. The third-order valence-electron chi connectivity index (χ3n) is 2.31. The molecule has 1 aromatic carbocycles. The second-order valence-corrected chi connectivity index (χ2v) is 3.95. The number of hydrogen-bond donors (Lipinski definition) is 3. The van der Waals surface area contributed by atoms with E-state index < -0.39 is 5.56 Å². The molecule has 0 aliphatic heterocycles. The number of aromatic nitrogens is 2. The smallest absolute Gasteiger partial charge is 0.277 e. The van der Waals surface area contributed by atoms with Gasteiger partial charge in [0.15, 0.2) is 5.69 Å². The Morgan fingerprint density at radius 2 is 2.22 bits per heavy atom. The van der Waals surface area contributed by atoms with E-state index in [0.29, 0.717) is 10.8 Å². The first-order valence-corrected chi connectivity index (χ1v) is 5.49. The van der Waals surface area contributed by atoms with Gasteiger partial charge >= 0.3 is 0 Å². The van der Waals surface area contributed by atoms with Crippen molar-refractivity contribution in [1.82, 2.24) is 9.97 Å². The van der Waals surface area contributed by atoms with E-state index >= 15 is 0 Å². The van der Waals surface area contributed by atoms with Gasteiger partial charge in [0.2, 0.25) is 5.88 Å². The maximum Gasteiger partial charge on any atom is 0.277 e. The lowest BCUT2D eigenvalue weighted by Crippen LogP contribution is -2.13. The van der Waals surface area contributed by atoms with E-state index in [9.17, 15) is 4.79 Å². The maximum atomic E-state index is 11.3. The summed E-state index contributed by atoms with van der Waals surface area (Å²) in [6.45, 7) is 0.273. The summed E-state index contributed by atoms with van der Waals surface area (Å²) in [7, 11) is 0. The molecule has 0 fully saturated rings. The fraction of sp³-hybridized carbons (Fsp3) is 0.0909. The van der Waals surface area contributed by atoms with Crippen LogP contribution in [0.3, 0.4) is 0 Å². The number of aromatic amines is 1. The molecule has 1 heterocycles. The minimum absolute atomic E-state index is 0.0238. The van der Waals surface area contributed by atoms with Crippen molar-refractivity contribution >= 4 is 17.3 Å². The van der Waals surface area contributed by atoms with E-state index in [-0.39, 0.29) is 18.1 Å². The fourth-order valence-corrected chi connectivity index (χ4v) is 1.53. The monoisotopic (exact) mass is 266 g/mol. The van der Waals surface area contributed by atoms with Crippen molar-refractivity contribution < 1.29 is 4.74 Å². The van der Waals surface area contributed by atoms with Gasteiger partial charge in [-0.2, -0.15) is 0 Å². The molecule has 0 radical (unpaired) electrons. The molecule has 0 unspecified atom stereocenters. The summed E-state index contributed by atoms with van der Waals surface area (Å²) in [4.78, 5) is 17.5. The van der Waals surface area contributed by atoms with Gasteiger partial charge < -0.3 is 21.2 Å². The zero-order valence-electron chi connectivity index (χ0n) is 9.31. The van der Waals surface area contributed by atoms with Crippen LogP contribution < -0.4 is 21.8 Å². The summed E-state index contributed by atoms with van der Waals surface area (Å²) >= 11 is 5.87. The number of anilines is 1. The molecule has 94 valence electrons. The summed E-state index contributed by atoms with van der Waals surface area (Å²) in [6, 6.07) is 5.03. The van der Waals surface area contributed by atoms with Gasteiger partial charge in [0.25, 0.3) is 5.56 Å². The van der Waals surface area contributed by atoms with Crippen molar-refractivity contribution in [2.24, 2.45) is 5.73 Å². The van der Waals surface area contributed by atoms with Crippen LogP contribution in [0.25, 0.3) is 0 Å². The van der Waals surface area contributed by atoms with Crippen molar-refractivity contribution in [3.63, 3.8) is 0 Å². The number of nitrogens with one attached hydrogen (secondary N) is 1. The zero-order chi connectivity index (χ0) is 13.1. The molecular weight excluding hydrogens is 256 g/mol. The van der Waals surface area contributed by atoms with E-state index in [2.05, 4.69) is 9.97 Å². The van der Waals surface area contributed by atoms with Crippen LogP contribution in [-0.2, 0) is 6.54 Å². The second kappa shape index (κ2) is 5.07. The first kappa shape index (κ1) is 12.4. The first-order chi connectivity index (χ1) is 8.61. The Hall–Kier alpha value is -2.05. The van der Waals surface area contributed by atoms with E-state index in [0.717, 1.165) is 5.56 Å². The Morgan fingerprint density at radius 3 is 2.94 bits per heavy atom. The van der Waals surface area contributed by atoms with Crippen molar-refractivity contribution in [3.05, 3.63) is 45.5 Å². The van der Waals surface area contributed by atoms with Gasteiger partial charge in [0.05, 0.1) is 6.33 Å². The fourth-order valence-electron chi connectivity index (χ4n) is 1.37. The minimum Gasteiger partial charge on any atom is -0.437 e. The molecule has 6 nitrogen and oxygen atoms in total. The molecule has 18 heavy (non-hydrogen) atoms. The van der Waals surface area contributed by atoms with Gasteiger partial charge in [0.1, 0.15) is 5.75 Å². The normalized spacial score (nSPS) is 10.3. The Bertz CT molecular complexity index is 627. The number of nitrogen functional groups attached to an aromatic ring is 1. The van der Waals surface area contributed by atoms with Crippen LogP contribution in [-0.4, -0.2) is 9.97 Å². The molecule has 0 bridgehead atoms. The molecular formula is C11H11ClN4O2. The highest BCUT2D eigenvalue weighted by Gasteiger charge is 2.10. The molecule has 0 saturated carbocycles. The van der Waals surface area contributed by atoms with Crippen molar-refractivity contribution in [2.75, 3.05) is 5.73 Å². The quantitative estimate of drug-likeness (QED) is 0.775. The van der Waals surface area contributed by atoms with Gasteiger partial charge in [0, 0.05) is 17.1 Å². The summed E-state index contributed by atoms with van der Waals surface area (Å²) in [5.41, 5.74) is 11.3. The molecule has 2 aromatic rings. The molecule has 5 N–H and O–H groups in total. The third kappa shape index (κ3) is 2.44. The predicted molar refractivity (Wildman–Crippen MR) is 68.7 cm³/mol. The molecule has 0 aliphatic carbocycles. The Kier molecular flexibility index (Phi) is 3.50. The largest absolute Gasteiger partial charge is 0.437 e. The van der Waals surface area contributed by atoms with E-state index in [1.807, 2.05) is 0 Å². The molecule has 0 saturated heterocycles. The van der Waals surface area contributed by atoms with Gasteiger partial charge in [-0.15, -0.1) is 0 Å². The highest BCUT2D eigenvalue weighted by atomic mass is 35.5. The van der Waals surface area contributed by atoms with E-state index in [1.54, 1.807) is 18.2 Å². The van der Waals surface area contributed by atoms with Crippen molar-refractivity contribution in [1.29, 1.82) is 0 Å². The summed E-state index contributed by atoms with van der Waals surface area (Å²) in [5, 5.41) is 0.491. The van der Waals surface area contributed by atoms with E-state index in [4.69, 9.17) is 27.8 Å². The van der Waals surface area contributed by atoms with Crippen molar-refractivity contribution in [3.8, 4) is 11.6 Å². The number of H-pyrrole nitrogens is 1. The topological polar surface area (TPSA) is 107 Å². The number of nitrogens with zero attached hydrogens (tertiary/aromatic N) is 1. The average molecular weight is 267 g/mol. The molecule has 1 aromatic heterocycles. The summed E-state index contributed by atoms with van der Waals surface area (Å²) in [6.07, 6.45) is 1.21. The van der Waals surface area contributed by atoms with E-state index in [1.165, 1.54) is 6.33 Å². The lowest BCUT2D eigenvalue weighted by molar-refractivity contribution is 0.458. The standard InChI is InChI=1S/C11H11ClN4O2/c12-7-2-1-6(4-13)8(3-7)18-11-9(14)10(17)15-5-16-11/h1-3,5H,4,13-14H2,(H,15,16,17). The lowest BCUT2D eigenvalue weighted by atomic mass is 10.2. The van der Waals surface area contributed by atoms with Gasteiger partial charge in [-0.1, -0.05) is 17.7 Å². The molecule has 0 atom stereocenters. The molecule has 0 aliphatic rings. The SMILES string of the molecule is NCc1ccc(Cl)cc1Oc1nc[nH]c(=O)c1N. The molecule has 0 amide bonds. The van der Waals surface area contributed by atoms with Crippen LogP contribution in [0.4, 0.5) is 5.69 Å². The van der Waals surface area contributed by atoms with Crippen LogP contribution in [0.5, 0.6) is 11.6 Å². The van der Waals surface area contributed by atoms with Crippen molar-refractivity contribution in [2.45, 2.75) is 6.54 Å². The van der Waals surface area contributed by atoms with Gasteiger partial charge in [-0.25, -0.2) is 4.98 Å². The first-order valence-electron chi connectivity index (χ1n) is 5.11. The van der Waals surface area contributed by atoms with Crippen LogP contribution >= 0.6 is 11.6 Å². The zero-order valence-corrected chi connectivity index (χ0v) is 10.1. The summed E-state index contributed by atoms with van der Waals surface area (Å²) in [5.74, 6) is 0.450. The van der Waals surface area contributed by atoms with Gasteiger partial charge in [-0.05, 0) is 12.1 Å². The third-order valence-corrected chi connectivity index (χ3v) is 2.54. The number of hydrogen-bond acceptors (Lipinski definition) is 5. The van der Waals surface area contributed by atoms with Crippen LogP contribution in [0.2, 0.25) is 5.02 Å². The number of ether oxygens (including phenoxy) is 1.